The number of carbonyl (C=O) groups is 3. The predicted molar refractivity (Wildman–Crippen MR) is 128 cm³/mol. The van der Waals surface area contributed by atoms with Gasteiger partial charge in [-0.1, -0.05) is 44.2 Å². The normalized spacial score (nSPS) is 14.7. The third-order valence-corrected chi connectivity index (χ3v) is 6.46. The number of likely N-dealkylation sites (tertiary alicyclic amines) is 1. The molecule has 1 N–H and O–H groups in total. The van der Waals surface area contributed by atoms with Crippen LogP contribution in [0.5, 0.6) is 0 Å². The maximum atomic E-state index is 12.9. The zero-order valence-electron chi connectivity index (χ0n) is 18.8. The van der Waals surface area contributed by atoms with Gasteiger partial charge in [0.2, 0.25) is 11.8 Å². The second-order valence-electron chi connectivity index (χ2n) is 8.39. The summed E-state index contributed by atoms with van der Waals surface area (Å²) in [6, 6.07) is 9.68. The Morgan fingerprint density at radius 1 is 1.19 bits per heavy atom. The van der Waals surface area contributed by atoms with Crippen LogP contribution in [0.2, 0.25) is 0 Å². The summed E-state index contributed by atoms with van der Waals surface area (Å²) in [7, 11) is 1.35. The highest BCUT2D eigenvalue weighted by atomic mass is 32.1. The zero-order chi connectivity index (χ0) is 23.1. The number of amides is 2. The number of carbonyl (C=O) groups excluding carboxylic acids is 3. The molecule has 2 aromatic rings. The Labute approximate surface area is 193 Å². The molecule has 1 aliphatic heterocycles. The summed E-state index contributed by atoms with van der Waals surface area (Å²) >= 11 is 1.36. The van der Waals surface area contributed by atoms with Gasteiger partial charge >= 0.3 is 5.97 Å². The van der Waals surface area contributed by atoms with Crippen LogP contribution in [0.15, 0.2) is 41.8 Å². The van der Waals surface area contributed by atoms with E-state index in [4.69, 9.17) is 4.74 Å². The number of methoxy groups -OCH3 is 1. The monoisotopic (exact) mass is 454 g/mol. The Kier molecular flexibility index (Phi) is 8.22. The molecule has 170 valence electrons. The van der Waals surface area contributed by atoms with E-state index < -0.39 is 5.97 Å². The van der Waals surface area contributed by atoms with E-state index in [9.17, 15) is 14.4 Å². The Bertz CT molecular complexity index is 973. The summed E-state index contributed by atoms with van der Waals surface area (Å²) in [5.74, 6) is -0.396. The second kappa shape index (κ2) is 11.1. The molecule has 6 nitrogen and oxygen atoms in total. The van der Waals surface area contributed by atoms with Gasteiger partial charge in [-0.25, -0.2) is 4.79 Å². The molecule has 1 aromatic carbocycles. The highest BCUT2D eigenvalue weighted by Gasteiger charge is 2.29. The molecular formula is C25H30N2O4S. The first-order valence-electron chi connectivity index (χ1n) is 10.9. The molecule has 1 aliphatic rings. The maximum absolute atomic E-state index is 12.9. The van der Waals surface area contributed by atoms with Gasteiger partial charge in [0.05, 0.1) is 12.7 Å². The molecule has 0 atom stereocenters. The van der Waals surface area contributed by atoms with E-state index in [1.54, 1.807) is 17.1 Å². The number of benzene rings is 1. The Morgan fingerprint density at radius 2 is 1.88 bits per heavy atom. The molecule has 2 amide bonds. The molecule has 0 radical (unpaired) electrons. The van der Waals surface area contributed by atoms with Crippen molar-refractivity contribution in [2.45, 2.75) is 33.1 Å². The number of hydrogen-bond acceptors (Lipinski definition) is 5. The average Bonchev–Trinajstić information content (AvgIpc) is 3.18. The van der Waals surface area contributed by atoms with Crippen molar-refractivity contribution < 1.29 is 19.1 Å². The molecule has 7 heteroatoms. The molecule has 1 fully saturated rings. The lowest BCUT2D eigenvalue weighted by molar-refractivity contribution is -0.130. The molecule has 32 heavy (non-hydrogen) atoms. The number of piperidine rings is 1. The number of anilines is 1. The van der Waals surface area contributed by atoms with Crippen LogP contribution in [0.25, 0.3) is 6.08 Å². The Morgan fingerprint density at radius 3 is 2.50 bits per heavy atom. The molecule has 0 spiro atoms. The SMILES string of the molecule is COC(=O)c1c(CC(C)C)csc1NC(=O)C1CCN(C(=O)/C=C/c2ccccc2)CC1. The molecule has 0 saturated carbocycles. The van der Waals surface area contributed by atoms with Crippen LogP contribution >= 0.6 is 11.3 Å². The molecule has 3 rings (SSSR count). The lowest BCUT2D eigenvalue weighted by Crippen LogP contribution is -2.40. The lowest BCUT2D eigenvalue weighted by Gasteiger charge is -2.30. The molecular weight excluding hydrogens is 424 g/mol. The fraction of sp³-hybridized carbons (Fsp3) is 0.400. The van der Waals surface area contributed by atoms with Gasteiger partial charge in [-0.3, -0.25) is 9.59 Å². The molecule has 1 saturated heterocycles. The van der Waals surface area contributed by atoms with Crippen LogP contribution in [-0.2, 0) is 20.7 Å². The first-order valence-corrected chi connectivity index (χ1v) is 11.8. The fourth-order valence-electron chi connectivity index (χ4n) is 3.81. The smallest absolute Gasteiger partial charge is 0.341 e. The van der Waals surface area contributed by atoms with Crippen LogP contribution in [0.3, 0.4) is 0 Å². The van der Waals surface area contributed by atoms with Gasteiger partial charge < -0.3 is 15.0 Å². The third-order valence-electron chi connectivity index (χ3n) is 5.52. The van der Waals surface area contributed by atoms with E-state index in [2.05, 4.69) is 19.2 Å². The number of ether oxygens (including phenoxy) is 1. The molecule has 0 aliphatic carbocycles. The van der Waals surface area contributed by atoms with Crippen molar-refractivity contribution in [1.29, 1.82) is 0 Å². The average molecular weight is 455 g/mol. The van der Waals surface area contributed by atoms with Crippen molar-refractivity contribution in [2.24, 2.45) is 11.8 Å². The molecule has 0 bridgehead atoms. The van der Waals surface area contributed by atoms with Crippen molar-refractivity contribution in [3.05, 3.63) is 58.5 Å². The second-order valence-corrected chi connectivity index (χ2v) is 9.27. The number of esters is 1. The van der Waals surface area contributed by atoms with E-state index in [0.29, 0.717) is 42.4 Å². The molecule has 0 unspecified atom stereocenters. The van der Waals surface area contributed by atoms with Crippen LogP contribution < -0.4 is 5.32 Å². The van der Waals surface area contributed by atoms with Gasteiger partial charge in [-0.05, 0) is 47.8 Å². The number of nitrogens with zero attached hydrogens (tertiary/aromatic N) is 1. The van der Waals surface area contributed by atoms with Crippen molar-refractivity contribution in [2.75, 3.05) is 25.5 Å². The topological polar surface area (TPSA) is 75.7 Å². The minimum absolute atomic E-state index is 0.0442. The summed E-state index contributed by atoms with van der Waals surface area (Å²) in [4.78, 5) is 39.4. The summed E-state index contributed by atoms with van der Waals surface area (Å²) < 4.78 is 4.95. The summed E-state index contributed by atoms with van der Waals surface area (Å²) in [6.07, 6.45) is 5.32. The van der Waals surface area contributed by atoms with Crippen molar-refractivity contribution >= 4 is 40.2 Å². The number of nitrogens with one attached hydrogen (secondary N) is 1. The highest BCUT2D eigenvalue weighted by molar-refractivity contribution is 7.15. The quantitative estimate of drug-likeness (QED) is 0.489. The van der Waals surface area contributed by atoms with Crippen molar-refractivity contribution in [3.63, 3.8) is 0 Å². The lowest BCUT2D eigenvalue weighted by atomic mass is 9.95. The zero-order valence-corrected chi connectivity index (χ0v) is 19.6. The standard InChI is InChI=1S/C25H30N2O4S/c1-17(2)15-20-16-32-24(22(20)25(30)31-3)26-23(29)19-11-13-27(14-12-19)21(28)10-9-18-7-5-4-6-8-18/h4-10,16-17,19H,11-15H2,1-3H3,(H,26,29)/b10-9+. The first kappa shape index (κ1) is 23.7. The summed E-state index contributed by atoms with van der Waals surface area (Å²) in [5.41, 5.74) is 2.33. The Hall–Kier alpha value is -2.93. The summed E-state index contributed by atoms with van der Waals surface area (Å²) in [6.45, 7) is 5.23. The maximum Gasteiger partial charge on any atom is 0.341 e. The minimum Gasteiger partial charge on any atom is -0.465 e. The van der Waals surface area contributed by atoms with Gasteiger partial charge in [0.15, 0.2) is 0 Å². The van der Waals surface area contributed by atoms with Gasteiger partial charge in [0, 0.05) is 25.1 Å². The van der Waals surface area contributed by atoms with Crippen LogP contribution in [-0.4, -0.2) is 42.9 Å². The van der Waals surface area contributed by atoms with Gasteiger partial charge in [-0.15, -0.1) is 11.3 Å². The molecule has 2 heterocycles. The van der Waals surface area contributed by atoms with Crippen LogP contribution in [0.4, 0.5) is 5.00 Å². The third kappa shape index (κ3) is 6.07. The van der Waals surface area contributed by atoms with Gasteiger partial charge in [0.25, 0.3) is 0 Å². The van der Waals surface area contributed by atoms with Gasteiger partial charge in [0.1, 0.15) is 5.00 Å². The summed E-state index contributed by atoms with van der Waals surface area (Å²) in [5, 5.41) is 5.40. The number of rotatable bonds is 7. The largest absolute Gasteiger partial charge is 0.465 e. The number of hydrogen-bond donors (Lipinski definition) is 1. The van der Waals surface area contributed by atoms with E-state index in [0.717, 1.165) is 17.5 Å². The molecule has 1 aromatic heterocycles. The fourth-order valence-corrected chi connectivity index (χ4v) is 4.78. The van der Waals surface area contributed by atoms with Crippen LogP contribution in [0, 0.1) is 11.8 Å². The van der Waals surface area contributed by atoms with Crippen molar-refractivity contribution in [3.8, 4) is 0 Å². The minimum atomic E-state index is -0.428. The van der Waals surface area contributed by atoms with E-state index in [1.165, 1.54) is 18.4 Å². The highest BCUT2D eigenvalue weighted by Crippen LogP contribution is 2.32. The number of thiophene rings is 1. The predicted octanol–water partition coefficient (Wildman–Crippen LogP) is 4.62. The van der Waals surface area contributed by atoms with Crippen molar-refractivity contribution in [1.82, 2.24) is 4.90 Å². The van der Waals surface area contributed by atoms with Crippen LogP contribution in [0.1, 0.15) is 48.2 Å². The van der Waals surface area contributed by atoms with E-state index in [1.807, 2.05) is 35.7 Å². The van der Waals surface area contributed by atoms with E-state index in [-0.39, 0.29) is 17.7 Å². The first-order chi connectivity index (χ1) is 15.4. The van der Waals surface area contributed by atoms with E-state index >= 15 is 0 Å². The van der Waals surface area contributed by atoms with Gasteiger partial charge in [-0.2, -0.15) is 0 Å². The Balaban J connectivity index is 1.58.